The highest BCUT2D eigenvalue weighted by molar-refractivity contribution is 5.98. The minimum atomic E-state index is -1.33. The SMILES string of the molecule is C=CCOC(=O)Nc1cc(CC)c(F)cc1C(=O)O. The van der Waals surface area contributed by atoms with Crippen LogP contribution in [0.3, 0.4) is 0 Å². The van der Waals surface area contributed by atoms with Crippen molar-refractivity contribution < 1.29 is 23.8 Å². The summed E-state index contributed by atoms with van der Waals surface area (Å²) < 4.78 is 18.2. The Bertz CT molecular complexity index is 514. The lowest BCUT2D eigenvalue weighted by Gasteiger charge is -2.11. The largest absolute Gasteiger partial charge is 0.478 e. The van der Waals surface area contributed by atoms with Gasteiger partial charge in [-0.1, -0.05) is 19.6 Å². The summed E-state index contributed by atoms with van der Waals surface area (Å²) in [6.45, 7) is 5.09. The van der Waals surface area contributed by atoms with Crippen molar-refractivity contribution in [3.63, 3.8) is 0 Å². The van der Waals surface area contributed by atoms with Crippen LogP contribution in [0.25, 0.3) is 0 Å². The Morgan fingerprint density at radius 1 is 1.53 bits per heavy atom. The predicted octanol–water partition coefficient (Wildman–Crippen LogP) is 2.82. The number of carbonyl (C=O) groups is 2. The number of hydrogen-bond acceptors (Lipinski definition) is 3. The number of hydrogen-bond donors (Lipinski definition) is 2. The fourth-order valence-corrected chi connectivity index (χ4v) is 1.45. The number of benzene rings is 1. The summed E-state index contributed by atoms with van der Waals surface area (Å²) in [5, 5.41) is 11.2. The average molecular weight is 267 g/mol. The van der Waals surface area contributed by atoms with Gasteiger partial charge in [-0.3, -0.25) is 5.32 Å². The second-order valence-corrected chi connectivity index (χ2v) is 3.66. The molecule has 0 aliphatic heterocycles. The van der Waals surface area contributed by atoms with Gasteiger partial charge in [-0.2, -0.15) is 0 Å². The van der Waals surface area contributed by atoms with E-state index in [2.05, 4.69) is 16.6 Å². The Morgan fingerprint density at radius 3 is 2.74 bits per heavy atom. The van der Waals surface area contributed by atoms with E-state index in [1.54, 1.807) is 6.92 Å². The van der Waals surface area contributed by atoms with E-state index >= 15 is 0 Å². The first-order chi connectivity index (χ1) is 8.99. The Hall–Kier alpha value is -2.37. The van der Waals surface area contributed by atoms with Crippen molar-refractivity contribution in [2.45, 2.75) is 13.3 Å². The van der Waals surface area contributed by atoms with Gasteiger partial charge in [0, 0.05) is 0 Å². The monoisotopic (exact) mass is 267 g/mol. The zero-order valence-corrected chi connectivity index (χ0v) is 10.4. The molecule has 0 saturated carbocycles. The van der Waals surface area contributed by atoms with Crippen molar-refractivity contribution in [1.82, 2.24) is 0 Å². The van der Waals surface area contributed by atoms with Gasteiger partial charge < -0.3 is 9.84 Å². The van der Waals surface area contributed by atoms with Crippen LogP contribution in [0.4, 0.5) is 14.9 Å². The minimum Gasteiger partial charge on any atom is -0.478 e. The molecule has 2 N–H and O–H groups in total. The maximum Gasteiger partial charge on any atom is 0.411 e. The number of anilines is 1. The number of nitrogens with one attached hydrogen (secondary N) is 1. The molecule has 0 spiro atoms. The van der Waals surface area contributed by atoms with E-state index in [1.807, 2.05) is 0 Å². The van der Waals surface area contributed by atoms with E-state index in [0.717, 1.165) is 6.07 Å². The van der Waals surface area contributed by atoms with Crippen molar-refractivity contribution in [1.29, 1.82) is 0 Å². The molecule has 1 amide bonds. The number of carbonyl (C=O) groups excluding carboxylic acids is 1. The van der Waals surface area contributed by atoms with Crippen LogP contribution in [0.2, 0.25) is 0 Å². The fraction of sp³-hybridized carbons (Fsp3) is 0.231. The zero-order valence-electron chi connectivity index (χ0n) is 10.4. The van der Waals surface area contributed by atoms with Gasteiger partial charge in [-0.05, 0) is 24.1 Å². The van der Waals surface area contributed by atoms with E-state index in [-0.39, 0.29) is 17.9 Å². The van der Waals surface area contributed by atoms with Crippen LogP contribution in [-0.2, 0) is 11.2 Å². The number of amides is 1. The van der Waals surface area contributed by atoms with Crippen molar-refractivity contribution in [2.75, 3.05) is 11.9 Å². The Morgan fingerprint density at radius 2 is 2.21 bits per heavy atom. The summed E-state index contributed by atoms with van der Waals surface area (Å²) in [5.41, 5.74) is -0.0194. The fourth-order valence-electron chi connectivity index (χ4n) is 1.45. The summed E-state index contributed by atoms with van der Waals surface area (Å²) in [7, 11) is 0. The molecule has 6 heteroatoms. The van der Waals surface area contributed by atoms with E-state index in [4.69, 9.17) is 5.11 Å². The Labute approximate surface area is 109 Å². The minimum absolute atomic E-state index is 0.000174. The third-order valence-corrected chi connectivity index (χ3v) is 2.37. The van der Waals surface area contributed by atoms with E-state index in [1.165, 1.54) is 12.1 Å². The average Bonchev–Trinajstić information content (AvgIpc) is 2.37. The summed E-state index contributed by atoms with van der Waals surface area (Å²) >= 11 is 0. The first kappa shape index (κ1) is 14.7. The molecule has 5 nitrogen and oxygen atoms in total. The molecule has 0 atom stereocenters. The predicted molar refractivity (Wildman–Crippen MR) is 67.9 cm³/mol. The maximum atomic E-state index is 13.5. The van der Waals surface area contributed by atoms with Crippen molar-refractivity contribution in [3.8, 4) is 0 Å². The highest BCUT2D eigenvalue weighted by atomic mass is 19.1. The van der Waals surface area contributed by atoms with Gasteiger partial charge in [0.15, 0.2) is 0 Å². The molecule has 19 heavy (non-hydrogen) atoms. The molecule has 0 aliphatic carbocycles. The van der Waals surface area contributed by atoms with Gasteiger partial charge in [-0.15, -0.1) is 0 Å². The molecule has 1 aromatic rings. The summed E-state index contributed by atoms with van der Waals surface area (Å²) in [6, 6.07) is 2.16. The zero-order chi connectivity index (χ0) is 14.4. The standard InChI is InChI=1S/C13H14FNO4/c1-3-5-19-13(18)15-11-6-8(4-2)10(14)7-9(11)12(16)17/h3,6-7H,1,4-5H2,2H3,(H,15,18)(H,16,17). The first-order valence-corrected chi connectivity index (χ1v) is 5.60. The molecule has 0 fully saturated rings. The van der Waals surface area contributed by atoms with Gasteiger partial charge in [0.05, 0.1) is 11.3 Å². The molecule has 102 valence electrons. The molecule has 0 aliphatic rings. The Balaban J connectivity index is 3.06. The highest BCUT2D eigenvalue weighted by Crippen LogP contribution is 2.22. The van der Waals surface area contributed by atoms with Gasteiger partial charge in [0.25, 0.3) is 0 Å². The van der Waals surface area contributed by atoms with E-state index in [0.29, 0.717) is 12.0 Å². The van der Waals surface area contributed by atoms with Crippen LogP contribution in [0.1, 0.15) is 22.8 Å². The molecule has 0 saturated heterocycles. The summed E-state index contributed by atoms with van der Waals surface area (Å²) in [5.74, 6) is -1.95. The molecule has 0 aromatic heterocycles. The normalized spacial score (nSPS) is 9.79. The van der Waals surface area contributed by atoms with Crippen molar-refractivity contribution in [2.24, 2.45) is 0 Å². The van der Waals surface area contributed by atoms with Gasteiger partial charge in [0.2, 0.25) is 0 Å². The number of aryl methyl sites for hydroxylation is 1. The quantitative estimate of drug-likeness (QED) is 0.804. The number of aromatic carboxylic acids is 1. The smallest absolute Gasteiger partial charge is 0.411 e. The van der Waals surface area contributed by atoms with Crippen LogP contribution in [0.5, 0.6) is 0 Å². The van der Waals surface area contributed by atoms with Crippen molar-refractivity contribution in [3.05, 3.63) is 41.7 Å². The van der Waals surface area contributed by atoms with Gasteiger partial charge in [0.1, 0.15) is 12.4 Å². The van der Waals surface area contributed by atoms with Crippen LogP contribution in [0.15, 0.2) is 24.8 Å². The van der Waals surface area contributed by atoms with E-state index in [9.17, 15) is 14.0 Å². The second-order valence-electron chi connectivity index (χ2n) is 3.66. The number of halogens is 1. The Kier molecular flexibility index (Phi) is 5.05. The lowest BCUT2D eigenvalue weighted by atomic mass is 10.1. The molecular formula is C13H14FNO4. The molecule has 0 heterocycles. The van der Waals surface area contributed by atoms with Crippen LogP contribution < -0.4 is 5.32 Å². The topological polar surface area (TPSA) is 75.6 Å². The van der Waals surface area contributed by atoms with Gasteiger partial charge >= 0.3 is 12.1 Å². The molecule has 0 unspecified atom stereocenters. The second kappa shape index (κ2) is 6.53. The van der Waals surface area contributed by atoms with Crippen LogP contribution in [0, 0.1) is 5.82 Å². The van der Waals surface area contributed by atoms with Crippen LogP contribution in [-0.4, -0.2) is 23.8 Å². The summed E-state index contributed by atoms with van der Waals surface area (Å²) in [6.07, 6.45) is 0.929. The lowest BCUT2D eigenvalue weighted by molar-refractivity contribution is 0.0697. The molecule has 0 radical (unpaired) electrons. The molecule has 1 rings (SSSR count). The highest BCUT2D eigenvalue weighted by Gasteiger charge is 2.16. The number of carboxylic acids is 1. The van der Waals surface area contributed by atoms with Gasteiger partial charge in [-0.25, -0.2) is 14.0 Å². The molecule has 1 aromatic carbocycles. The molecular weight excluding hydrogens is 253 g/mol. The van der Waals surface area contributed by atoms with Crippen molar-refractivity contribution >= 4 is 17.7 Å². The first-order valence-electron chi connectivity index (χ1n) is 5.60. The third kappa shape index (κ3) is 3.80. The lowest BCUT2D eigenvalue weighted by Crippen LogP contribution is -2.16. The summed E-state index contributed by atoms with van der Waals surface area (Å²) in [4.78, 5) is 22.4. The number of carboxylic acid groups (broad SMARTS) is 1. The maximum absolute atomic E-state index is 13.5. The van der Waals surface area contributed by atoms with E-state index < -0.39 is 17.9 Å². The number of ether oxygens (including phenoxy) is 1. The number of rotatable bonds is 5. The van der Waals surface area contributed by atoms with Crippen LogP contribution >= 0.6 is 0 Å². The third-order valence-electron chi connectivity index (χ3n) is 2.37. The molecule has 0 bridgehead atoms.